The molecule has 0 atom stereocenters. The Morgan fingerprint density at radius 3 is 1.25 bits per heavy atom. The van der Waals surface area contributed by atoms with Crippen LogP contribution in [0.4, 0.5) is 0 Å². The topological polar surface area (TPSA) is 20.2 Å². The Labute approximate surface area is 124 Å². The minimum Gasteiger partial charge on any atom is -0.424 e. The van der Waals surface area contributed by atoms with Gasteiger partial charge in [-0.05, 0) is 15.4 Å². The molecular weight excluding hydrogens is 260 g/mol. The molecule has 2 aromatic carbocycles. The van der Waals surface area contributed by atoms with Crippen molar-refractivity contribution >= 4 is 18.7 Å². The molecule has 0 bridgehead atoms. The smallest absolute Gasteiger partial charge is 0.258 e. The first-order valence-corrected chi connectivity index (χ1v) is 9.24. The number of hydrogen-bond acceptors (Lipinski definition) is 1. The lowest BCUT2D eigenvalue weighted by Crippen LogP contribution is -2.64. The van der Waals surface area contributed by atoms with Crippen LogP contribution in [0.5, 0.6) is 0 Å². The molecular formula is C18H26OSi. The van der Waals surface area contributed by atoms with Crippen LogP contribution in [0.15, 0.2) is 60.7 Å². The Bertz CT molecular complexity index is 460. The molecule has 0 unspecified atom stereocenters. The summed E-state index contributed by atoms with van der Waals surface area (Å²) in [6, 6.07) is 20.2. The van der Waals surface area contributed by atoms with E-state index in [0.29, 0.717) is 0 Å². The highest BCUT2D eigenvalue weighted by Crippen LogP contribution is 2.33. The van der Waals surface area contributed by atoms with Gasteiger partial charge in [0.15, 0.2) is 0 Å². The molecule has 1 N–H and O–H groups in total. The second-order valence-electron chi connectivity index (χ2n) is 5.69. The van der Waals surface area contributed by atoms with Gasteiger partial charge in [0, 0.05) is 0 Å². The van der Waals surface area contributed by atoms with Gasteiger partial charge in [0.2, 0.25) is 0 Å². The summed E-state index contributed by atoms with van der Waals surface area (Å²) in [5.74, 6) is 0. The zero-order valence-electron chi connectivity index (χ0n) is 13.2. The van der Waals surface area contributed by atoms with E-state index in [1.165, 1.54) is 0 Å². The van der Waals surface area contributed by atoms with Crippen LogP contribution in [0.1, 0.15) is 34.6 Å². The highest BCUT2D eigenvalue weighted by atomic mass is 28.4. The molecule has 0 saturated heterocycles. The molecule has 20 heavy (non-hydrogen) atoms. The van der Waals surface area contributed by atoms with E-state index >= 15 is 0 Å². The normalized spacial score (nSPS) is 11.5. The van der Waals surface area contributed by atoms with Gasteiger partial charge in [-0.1, -0.05) is 95.3 Å². The van der Waals surface area contributed by atoms with Gasteiger partial charge in [-0.25, -0.2) is 0 Å². The van der Waals surface area contributed by atoms with Gasteiger partial charge in [0.05, 0.1) is 0 Å². The third kappa shape index (κ3) is 3.19. The van der Waals surface area contributed by atoms with Crippen LogP contribution >= 0.6 is 0 Å². The Hall–Kier alpha value is -1.38. The molecule has 0 aliphatic carbocycles. The largest absolute Gasteiger partial charge is 0.424 e. The number of rotatable bonds is 2. The van der Waals surface area contributed by atoms with Gasteiger partial charge in [-0.2, -0.15) is 0 Å². The Morgan fingerprint density at radius 2 is 1.00 bits per heavy atom. The van der Waals surface area contributed by atoms with E-state index in [0.717, 1.165) is 10.4 Å². The van der Waals surface area contributed by atoms with E-state index in [1.807, 2.05) is 74.5 Å². The summed E-state index contributed by atoms with van der Waals surface area (Å²) in [5.41, 5.74) is 0. The first kappa shape index (κ1) is 16.7. The summed E-state index contributed by atoms with van der Waals surface area (Å²) in [6.45, 7) is 10.4. The summed E-state index contributed by atoms with van der Waals surface area (Å²) in [5, 5.41) is 2.00. The van der Waals surface area contributed by atoms with Crippen molar-refractivity contribution in [2.45, 2.75) is 39.7 Å². The number of benzene rings is 2. The van der Waals surface area contributed by atoms with Crippen molar-refractivity contribution in [3.05, 3.63) is 60.7 Å². The monoisotopic (exact) mass is 286 g/mol. The highest BCUT2D eigenvalue weighted by Gasteiger charge is 2.46. The van der Waals surface area contributed by atoms with Crippen LogP contribution in [0.2, 0.25) is 5.04 Å². The Morgan fingerprint density at radius 1 is 0.700 bits per heavy atom. The third-order valence-corrected chi connectivity index (χ3v) is 7.98. The lowest BCUT2D eigenvalue weighted by atomic mass is 10.2. The van der Waals surface area contributed by atoms with Crippen molar-refractivity contribution < 1.29 is 4.80 Å². The summed E-state index contributed by atoms with van der Waals surface area (Å²) in [7, 11) is -2.70. The molecule has 0 fully saturated rings. The maximum atomic E-state index is 11.4. The quantitative estimate of drug-likeness (QED) is 0.837. The van der Waals surface area contributed by atoms with Crippen molar-refractivity contribution in [3.8, 4) is 0 Å². The highest BCUT2D eigenvalue weighted by molar-refractivity contribution is 6.98. The molecule has 0 spiro atoms. The van der Waals surface area contributed by atoms with Crippen LogP contribution in [-0.2, 0) is 0 Å². The van der Waals surface area contributed by atoms with Crippen LogP contribution < -0.4 is 10.4 Å². The summed E-state index contributed by atoms with van der Waals surface area (Å²) >= 11 is 0. The molecule has 2 heteroatoms. The van der Waals surface area contributed by atoms with Crippen LogP contribution in [0, 0.1) is 0 Å². The van der Waals surface area contributed by atoms with Gasteiger partial charge < -0.3 is 4.80 Å². The lowest BCUT2D eigenvalue weighted by Gasteiger charge is -2.38. The molecule has 2 rings (SSSR count). The van der Waals surface area contributed by atoms with Crippen LogP contribution in [-0.4, -0.2) is 13.1 Å². The van der Waals surface area contributed by atoms with E-state index in [1.54, 1.807) is 0 Å². The SMILES string of the molecule is CC.CC(C)(C)[Si](O)(c1ccccc1)c1ccccc1. The predicted molar refractivity (Wildman–Crippen MR) is 91.2 cm³/mol. The molecule has 0 radical (unpaired) electrons. The van der Waals surface area contributed by atoms with Crippen molar-refractivity contribution in [3.63, 3.8) is 0 Å². The standard InChI is InChI=1S/C16H20OSi.C2H6/c1-16(2,3)18(17,14-10-6-4-7-11-14)15-12-8-5-9-13-15;1-2/h4-13,17H,1-3H3;1-2H3. The Balaban J connectivity index is 0.000000956. The van der Waals surface area contributed by atoms with Crippen molar-refractivity contribution in [1.82, 2.24) is 0 Å². The zero-order valence-corrected chi connectivity index (χ0v) is 14.2. The first-order chi connectivity index (χ1) is 9.46. The van der Waals surface area contributed by atoms with Crippen LogP contribution in [0.25, 0.3) is 0 Å². The van der Waals surface area contributed by atoms with Gasteiger partial charge in [0.25, 0.3) is 8.32 Å². The van der Waals surface area contributed by atoms with Gasteiger partial charge in [-0.15, -0.1) is 0 Å². The van der Waals surface area contributed by atoms with Gasteiger partial charge >= 0.3 is 0 Å². The molecule has 0 saturated carbocycles. The second-order valence-corrected chi connectivity index (χ2v) is 9.77. The third-order valence-electron chi connectivity index (χ3n) is 3.47. The van der Waals surface area contributed by atoms with Crippen LogP contribution in [0.3, 0.4) is 0 Å². The van der Waals surface area contributed by atoms with Crippen molar-refractivity contribution in [2.24, 2.45) is 0 Å². The fraction of sp³-hybridized carbons (Fsp3) is 0.333. The molecule has 0 heterocycles. The molecule has 0 aliphatic rings. The average Bonchev–Trinajstić information content (AvgIpc) is 2.49. The molecule has 0 amide bonds. The van der Waals surface area contributed by atoms with E-state index in [2.05, 4.69) is 20.8 Å². The fourth-order valence-corrected chi connectivity index (χ4v) is 5.81. The van der Waals surface area contributed by atoms with E-state index in [9.17, 15) is 4.80 Å². The lowest BCUT2D eigenvalue weighted by molar-refractivity contribution is 0.505. The average molecular weight is 286 g/mol. The first-order valence-electron chi connectivity index (χ1n) is 7.29. The molecule has 0 aliphatic heterocycles. The van der Waals surface area contributed by atoms with Crippen molar-refractivity contribution in [1.29, 1.82) is 0 Å². The van der Waals surface area contributed by atoms with E-state index in [-0.39, 0.29) is 5.04 Å². The maximum Gasteiger partial charge on any atom is 0.258 e. The summed E-state index contributed by atoms with van der Waals surface area (Å²) < 4.78 is 0. The van der Waals surface area contributed by atoms with Gasteiger partial charge in [-0.3, -0.25) is 0 Å². The minimum absolute atomic E-state index is 0.143. The van der Waals surface area contributed by atoms with Gasteiger partial charge in [0.1, 0.15) is 0 Å². The molecule has 0 aromatic heterocycles. The fourth-order valence-electron chi connectivity index (χ4n) is 2.39. The molecule has 108 valence electrons. The summed E-state index contributed by atoms with van der Waals surface area (Å²) in [6.07, 6.45) is 0. The van der Waals surface area contributed by atoms with E-state index < -0.39 is 8.32 Å². The molecule has 2 aromatic rings. The maximum absolute atomic E-state index is 11.4. The minimum atomic E-state index is -2.70. The van der Waals surface area contributed by atoms with Crippen molar-refractivity contribution in [2.75, 3.05) is 0 Å². The second kappa shape index (κ2) is 6.87. The number of hydrogen-bond donors (Lipinski definition) is 1. The van der Waals surface area contributed by atoms with E-state index in [4.69, 9.17) is 0 Å². The predicted octanol–water partition coefficient (Wildman–Crippen LogP) is 3.56. The molecule has 1 nitrogen and oxygen atoms in total. The summed E-state index contributed by atoms with van der Waals surface area (Å²) in [4.78, 5) is 11.4. The Kier molecular flexibility index (Phi) is 5.72. The zero-order chi connectivity index (χ0) is 15.2.